The first-order chi connectivity index (χ1) is 10.3. The van der Waals surface area contributed by atoms with Gasteiger partial charge in [-0.3, -0.25) is 4.72 Å². The summed E-state index contributed by atoms with van der Waals surface area (Å²) in [6, 6.07) is 8.60. The summed E-state index contributed by atoms with van der Waals surface area (Å²) in [4.78, 5) is 11.3. The number of carbonyl (C=O) groups is 1. The molecule has 0 aromatic heterocycles. The molecule has 116 valence electrons. The zero-order chi connectivity index (χ0) is 16.3. The van der Waals surface area contributed by atoms with E-state index in [-0.39, 0.29) is 21.2 Å². The van der Waals surface area contributed by atoms with Crippen LogP contribution in [0.3, 0.4) is 0 Å². The molecule has 0 unspecified atom stereocenters. The number of hydrogen-bond acceptors (Lipinski definition) is 4. The summed E-state index contributed by atoms with van der Waals surface area (Å²) < 4.78 is 44.3. The largest absolute Gasteiger partial charge is 0.465 e. The lowest BCUT2D eigenvalue weighted by atomic mass is 10.2. The molecule has 0 fully saturated rings. The van der Waals surface area contributed by atoms with E-state index in [0.717, 1.165) is 12.1 Å². The second-order valence-electron chi connectivity index (χ2n) is 4.25. The maximum atomic E-state index is 13.0. The van der Waals surface area contributed by atoms with Gasteiger partial charge in [-0.15, -0.1) is 0 Å². The van der Waals surface area contributed by atoms with E-state index in [9.17, 15) is 17.6 Å². The van der Waals surface area contributed by atoms with Gasteiger partial charge in [0, 0.05) is 0 Å². The number of hydrogen-bond donors (Lipinski definition) is 1. The Hall–Kier alpha value is -2.12. The van der Waals surface area contributed by atoms with Crippen LogP contribution < -0.4 is 4.72 Å². The summed E-state index contributed by atoms with van der Waals surface area (Å²) in [6.45, 7) is 0. The molecule has 2 aromatic carbocycles. The molecule has 0 amide bonds. The van der Waals surface area contributed by atoms with Gasteiger partial charge >= 0.3 is 5.97 Å². The van der Waals surface area contributed by atoms with Crippen LogP contribution in [-0.2, 0) is 14.8 Å². The van der Waals surface area contributed by atoms with Crippen molar-refractivity contribution in [3.05, 3.63) is 58.9 Å². The predicted molar refractivity (Wildman–Crippen MR) is 80.0 cm³/mol. The summed E-state index contributed by atoms with van der Waals surface area (Å²) in [7, 11) is -2.78. The Morgan fingerprint density at radius 1 is 1.23 bits per heavy atom. The molecule has 0 aliphatic carbocycles. The highest BCUT2D eigenvalue weighted by atomic mass is 35.5. The van der Waals surface area contributed by atoms with Crippen LogP contribution in [-0.4, -0.2) is 21.5 Å². The minimum atomic E-state index is -3.98. The fourth-order valence-corrected chi connectivity index (χ4v) is 3.08. The van der Waals surface area contributed by atoms with E-state index in [1.807, 2.05) is 0 Å². The fourth-order valence-electron chi connectivity index (χ4n) is 1.68. The van der Waals surface area contributed by atoms with E-state index >= 15 is 0 Å². The van der Waals surface area contributed by atoms with Gasteiger partial charge in [-0.1, -0.05) is 17.7 Å². The molecule has 0 bridgehead atoms. The maximum absolute atomic E-state index is 13.0. The highest BCUT2D eigenvalue weighted by Gasteiger charge is 2.18. The van der Waals surface area contributed by atoms with Crippen LogP contribution in [0.2, 0.25) is 5.02 Å². The third-order valence-corrected chi connectivity index (χ3v) is 4.42. The molecule has 0 saturated heterocycles. The summed E-state index contributed by atoms with van der Waals surface area (Å²) in [5.41, 5.74) is 0.127. The Kier molecular flexibility index (Phi) is 4.68. The molecule has 0 heterocycles. The van der Waals surface area contributed by atoms with Crippen molar-refractivity contribution >= 4 is 33.3 Å². The van der Waals surface area contributed by atoms with E-state index in [0.29, 0.717) is 0 Å². The number of esters is 1. The number of methoxy groups -OCH3 is 1. The SMILES string of the molecule is COC(=O)c1cccc(S(=O)(=O)Nc2ccc(F)cc2Cl)c1. The summed E-state index contributed by atoms with van der Waals surface area (Å²) in [5.74, 6) is -1.24. The van der Waals surface area contributed by atoms with Crippen LogP contribution >= 0.6 is 11.6 Å². The molecule has 0 saturated carbocycles. The van der Waals surface area contributed by atoms with Gasteiger partial charge in [0.05, 0.1) is 28.3 Å². The lowest BCUT2D eigenvalue weighted by Crippen LogP contribution is -2.14. The van der Waals surface area contributed by atoms with Crippen LogP contribution in [0, 0.1) is 5.82 Å². The van der Waals surface area contributed by atoms with E-state index < -0.39 is 21.8 Å². The zero-order valence-electron chi connectivity index (χ0n) is 11.3. The average Bonchev–Trinajstić information content (AvgIpc) is 2.49. The topological polar surface area (TPSA) is 72.5 Å². The van der Waals surface area contributed by atoms with Gasteiger partial charge in [0.2, 0.25) is 0 Å². The normalized spacial score (nSPS) is 11.0. The molecule has 5 nitrogen and oxygen atoms in total. The van der Waals surface area contributed by atoms with Gasteiger partial charge in [0.25, 0.3) is 10.0 Å². The first-order valence-electron chi connectivity index (χ1n) is 6.00. The molecule has 1 N–H and O–H groups in total. The van der Waals surface area contributed by atoms with Gasteiger partial charge in [0.15, 0.2) is 0 Å². The van der Waals surface area contributed by atoms with Crippen molar-refractivity contribution in [2.24, 2.45) is 0 Å². The molecule has 0 radical (unpaired) electrons. The first kappa shape index (κ1) is 16.3. The van der Waals surface area contributed by atoms with E-state index in [1.54, 1.807) is 0 Å². The Balaban J connectivity index is 2.36. The van der Waals surface area contributed by atoms with E-state index in [2.05, 4.69) is 9.46 Å². The van der Waals surface area contributed by atoms with E-state index in [1.165, 1.54) is 37.4 Å². The van der Waals surface area contributed by atoms with Crippen LogP contribution in [0.4, 0.5) is 10.1 Å². The van der Waals surface area contributed by atoms with Gasteiger partial charge in [-0.2, -0.15) is 0 Å². The molecular formula is C14H11ClFNO4S. The number of anilines is 1. The quantitative estimate of drug-likeness (QED) is 0.866. The van der Waals surface area contributed by atoms with Crippen LogP contribution in [0.25, 0.3) is 0 Å². The van der Waals surface area contributed by atoms with Crippen molar-refractivity contribution in [3.63, 3.8) is 0 Å². The molecule has 2 aromatic rings. The molecule has 0 atom stereocenters. The number of halogens is 2. The van der Waals surface area contributed by atoms with Gasteiger partial charge in [0.1, 0.15) is 5.82 Å². The monoisotopic (exact) mass is 343 g/mol. The lowest BCUT2D eigenvalue weighted by Gasteiger charge is -2.10. The lowest BCUT2D eigenvalue weighted by molar-refractivity contribution is 0.0600. The Bertz CT molecular complexity index is 823. The highest BCUT2D eigenvalue weighted by Crippen LogP contribution is 2.25. The minimum absolute atomic E-state index is 0.0338. The molecule has 22 heavy (non-hydrogen) atoms. The Morgan fingerprint density at radius 2 is 1.95 bits per heavy atom. The molecule has 0 spiro atoms. The molecule has 0 aliphatic rings. The first-order valence-corrected chi connectivity index (χ1v) is 7.86. The zero-order valence-corrected chi connectivity index (χ0v) is 12.9. The number of sulfonamides is 1. The summed E-state index contributed by atoms with van der Waals surface area (Å²) in [6.07, 6.45) is 0. The van der Waals surface area contributed by atoms with Crippen molar-refractivity contribution in [2.45, 2.75) is 4.90 Å². The molecule has 2 rings (SSSR count). The number of carbonyl (C=O) groups excluding carboxylic acids is 1. The van der Waals surface area contributed by atoms with Crippen LogP contribution in [0.1, 0.15) is 10.4 Å². The van der Waals surface area contributed by atoms with Crippen molar-refractivity contribution in [1.29, 1.82) is 0 Å². The van der Waals surface area contributed by atoms with Crippen LogP contribution in [0.15, 0.2) is 47.4 Å². The minimum Gasteiger partial charge on any atom is -0.465 e. The number of rotatable bonds is 4. The highest BCUT2D eigenvalue weighted by molar-refractivity contribution is 7.92. The van der Waals surface area contributed by atoms with Crippen molar-refractivity contribution in [1.82, 2.24) is 0 Å². The predicted octanol–water partition coefficient (Wildman–Crippen LogP) is 3.07. The van der Waals surface area contributed by atoms with Crippen molar-refractivity contribution in [3.8, 4) is 0 Å². The standard InChI is InChI=1S/C14H11ClFNO4S/c1-21-14(18)9-3-2-4-11(7-9)22(19,20)17-13-6-5-10(16)8-12(13)15/h2-8,17H,1H3. The Labute approximate surface area is 131 Å². The Morgan fingerprint density at radius 3 is 2.59 bits per heavy atom. The number of benzene rings is 2. The van der Waals surface area contributed by atoms with Gasteiger partial charge in [-0.05, 0) is 36.4 Å². The van der Waals surface area contributed by atoms with Gasteiger partial charge < -0.3 is 4.74 Å². The second-order valence-corrected chi connectivity index (χ2v) is 6.34. The molecule has 8 heteroatoms. The van der Waals surface area contributed by atoms with E-state index in [4.69, 9.17) is 11.6 Å². The third-order valence-electron chi connectivity index (χ3n) is 2.74. The smallest absolute Gasteiger partial charge is 0.337 e. The molecular weight excluding hydrogens is 333 g/mol. The van der Waals surface area contributed by atoms with Crippen molar-refractivity contribution < 1.29 is 22.3 Å². The van der Waals surface area contributed by atoms with Crippen molar-refractivity contribution in [2.75, 3.05) is 11.8 Å². The second kappa shape index (κ2) is 6.33. The fraction of sp³-hybridized carbons (Fsp3) is 0.0714. The van der Waals surface area contributed by atoms with Gasteiger partial charge in [-0.25, -0.2) is 17.6 Å². The summed E-state index contributed by atoms with van der Waals surface area (Å²) in [5, 5.41) is -0.0762. The maximum Gasteiger partial charge on any atom is 0.337 e. The summed E-state index contributed by atoms with van der Waals surface area (Å²) >= 11 is 5.79. The third kappa shape index (κ3) is 3.55. The average molecular weight is 344 g/mol. The molecule has 0 aliphatic heterocycles. The number of nitrogens with one attached hydrogen (secondary N) is 1. The van der Waals surface area contributed by atoms with Crippen LogP contribution in [0.5, 0.6) is 0 Å². The number of ether oxygens (including phenoxy) is 1.